The maximum absolute atomic E-state index is 12.7. The minimum absolute atomic E-state index is 0.0215. The molecular formula is C16H25NO3S. The standard InChI is InChI=1S/C16H25NO3S/c1-10(2)6-14(15-9-20-15)17-21(18,19)16-12(4)7-11(3)8-13(16)5/h7-8,10,14-15,17H,6,9H2,1-5H3/t14-,15-/m0/s1. The van der Waals surface area contributed by atoms with Gasteiger partial charge in [0.1, 0.15) is 0 Å². The molecule has 0 unspecified atom stereocenters. The summed E-state index contributed by atoms with van der Waals surface area (Å²) in [6, 6.07) is 3.68. The Kier molecular flexibility index (Phi) is 4.76. The van der Waals surface area contributed by atoms with E-state index >= 15 is 0 Å². The molecule has 1 heterocycles. The van der Waals surface area contributed by atoms with E-state index in [1.54, 1.807) is 0 Å². The van der Waals surface area contributed by atoms with Crippen LogP contribution in [0.25, 0.3) is 0 Å². The van der Waals surface area contributed by atoms with Gasteiger partial charge in [0.25, 0.3) is 0 Å². The molecule has 0 spiro atoms. The van der Waals surface area contributed by atoms with Crippen LogP contribution in [0.4, 0.5) is 0 Å². The Morgan fingerprint density at radius 2 is 1.76 bits per heavy atom. The fourth-order valence-electron chi connectivity index (χ4n) is 2.92. The van der Waals surface area contributed by atoms with Gasteiger partial charge in [-0.05, 0) is 44.2 Å². The van der Waals surface area contributed by atoms with Crippen molar-refractivity contribution in [3.63, 3.8) is 0 Å². The minimum Gasteiger partial charge on any atom is -0.371 e. The lowest BCUT2D eigenvalue weighted by atomic mass is 10.0. The molecular weight excluding hydrogens is 286 g/mol. The number of ether oxygens (including phenoxy) is 1. The molecule has 0 bridgehead atoms. The lowest BCUT2D eigenvalue weighted by molar-refractivity contribution is 0.331. The molecule has 0 radical (unpaired) electrons. The van der Waals surface area contributed by atoms with Crippen LogP contribution in [-0.2, 0) is 14.8 Å². The van der Waals surface area contributed by atoms with Crippen LogP contribution in [0.1, 0.15) is 37.0 Å². The van der Waals surface area contributed by atoms with Crippen LogP contribution >= 0.6 is 0 Å². The minimum atomic E-state index is -3.52. The monoisotopic (exact) mass is 311 g/mol. The maximum atomic E-state index is 12.7. The van der Waals surface area contributed by atoms with Crippen molar-refractivity contribution in [2.45, 2.75) is 58.1 Å². The lowest BCUT2D eigenvalue weighted by Crippen LogP contribution is -2.40. The number of aryl methyl sites for hydroxylation is 3. The Morgan fingerprint density at radius 3 is 2.19 bits per heavy atom. The van der Waals surface area contributed by atoms with E-state index in [0.29, 0.717) is 17.4 Å². The van der Waals surface area contributed by atoms with E-state index in [4.69, 9.17) is 4.74 Å². The van der Waals surface area contributed by atoms with Crippen molar-refractivity contribution < 1.29 is 13.2 Å². The summed E-state index contributed by atoms with van der Waals surface area (Å²) >= 11 is 0. The van der Waals surface area contributed by atoms with Crippen molar-refractivity contribution in [1.82, 2.24) is 4.72 Å². The molecule has 5 heteroatoms. The topological polar surface area (TPSA) is 58.7 Å². The molecule has 2 rings (SSSR count). The molecule has 1 fully saturated rings. The highest BCUT2D eigenvalue weighted by Gasteiger charge is 2.36. The van der Waals surface area contributed by atoms with E-state index < -0.39 is 10.0 Å². The van der Waals surface area contributed by atoms with E-state index in [2.05, 4.69) is 18.6 Å². The molecule has 0 saturated carbocycles. The summed E-state index contributed by atoms with van der Waals surface area (Å²) in [5.74, 6) is 0.419. The van der Waals surface area contributed by atoms with Gasteiger partial charge in [-0.15, -0.1) is 0 Å². The number of sulfonamides is 1. The molecule has 4 nitrogen and oxygen atoms in total. The molecule has 2 atom stereocenters. The molecule has 1 aliphatic rings. The van der Waals surface area contributed by atoms with Gasteiger partial charge in [-0.25, -0.2) is 13.1 Å². The second-order valence-corrected chi connectivity index (χ2v) is 8.11. The number of benzene rings is 1. The summed E-state index contributed by atoms with van der Waals surface area (Å²) in [4.78, 5) is 0.405. The average molecular weight is 311 g/mol. The van der Waals surface area contributed by atoms with E-state index in [1.165, 1.54) is 0 Å². The van der Waals surface area contributed by atoms with Crippen molar-refractivity contribution in [2.24, 2.45) is 5.92 Å². The Morgan fingerprint density at radius 1 is 1.24 bits per heavy atom. The molecule has 0 aromatic heterocycles. The van der Waals surface area contributed by atoms with Crippen LogP contribution in [0.3, 0.4) is 0 Å². The van der Waals surface area contributed by atoms with Crippen molar-refractivity contribution in [3.05, 3.63) is 28.8 Å². The summed E-state index contributed by atoms with van der Waals surface area (Å²) in [6.07, 6.45) is 0.807. The number of rotatable bonds is 6. The van der Waals surface area contributed by atoms with Crippen molar-refractivity contribution in [1.29, 1.82) is 0 Å². The van der Waals surface area contributed by atoms with E-state index in [1.807, 2.05) is 32.9 Å². The van der Waals surface area contributed by atoms with Crippen LogP contribution in [0, 0.1) is 26.7 Å². The molecule has 118 valence electrons. The summed E-state index contributed by atoms with van der Waals surface area (Å²) in [7, 11) is -3.52. The second kappa shape index (κ2) is 6.07. The van der Waals surface area contributed by atoms with Crippen LogP contribution < -0.4 is 4.72 Å². The van der Waals surface area contributed by atoms with Gasteiger partial charge < -0.3 is 4.74 Å². The summed E-state index contributed by atoms with van der Waals surface area (Å²) < 4.78 is 33.6. The molecule has 1 saturated heterocycles. The van der Waals surface area contributed by atoms with Gasteiger partial charge in [0.15, 0.2) is 0 Å². The van der Waals surface area contributed by atoms with E-state index in [0.717, 1.165) is 23.1 Å². The highest BCUT2D eigenvalue weighted by atomic mass is 32.2. The zero-order chi connectivity index (χ0) is 15.8. The largest absolute Gasteiger partial charge is 0.371 e. The number of hydrogen-bond donors (Lipinski definition) is 1. The summed E-state index contributed by atoms with van der Waals surface area (Å²) in [5.41, 5.74) is 2.66. The number of hydrogen-bond acceptors (Lipinski definition) is 3. The molecule has 0 aliphatic carbocycles. The predicted molar refractivity (Wildman–Crippen MR) is 84.0 cm³/mol. The van der Waals surface area contributed by atoms with Crippen LogP contribution in [-0.4, -0.2) is 27.2 Å². The molecule has 1 aromatic carbocycles. The highest BCUT2D eigenvalue weighted by molar-refractivity contribution is 7.89. The fraction of sp³-hybridized carbons (Fsp3) is 0.625. The van der Waals surface area contributed by atoms with Crippen molar-refractivity contribution >= 4 is 10.0 Å². The fourth-order valence-corrected chi connectivity index (χ4v) is 4.65. The Bertz CT molecular complexity index is 595. The maximum Gasteiger partial charge on any atom is 0.241 e. The van der Waals surface area contributed by atoms with Gasteiger partial charge >= 0.3 is 0 Å². The third kappa shape index (κ3) is 4.05. The van der Waals surface area contributed by atoms with E-state index in [9.17, 15) is 8.42 Å². The Hall–Kier alpha value is -0.910. The van der Waals surface area contributed by atoms with Gasteiger partial charge in [-0.3, -0.25) is 0 Å². The summed E-state index contributed by atoms with van der Waals surface area (Å²) in [6.45, 7) is 10.5. The normalized spacial score (nSPS) is 19.8. The quantitative estimate of drug-likeness (QED) is 0.822. The first kappa shape index (κ1) is 16.5. The van der Waals surface area contributed by atoms with Gasteiger partial charge in [0.05, 0.1) is 23.6 Å². The SMILES string of the molecule is Cc1cc(C)c(S(=O)(=O)N[C@@H](CC(C)C)[C@@H]2CO2)c(C)c1. The second-order valence-electron chi connectivity index (χ2n) is 6.46. The molecule has 0 amide bonds. The van der Waals surface area contributed by atoms with Gasteiger partial charge in [0, 0.05) is 0 Å². The Labute approximate surface area is 127 Å². The number of nitrogens with one attached hydrogen (secondary N) is 1. The first-order chi connectivity index (χ1) is 9.70. The molecule has 1 aliphatic heterocycles. The van der Waals surface area contributed by atoms with Gasteiger partial charge in [0.2, 0.25) is 10.0 Å². The van der Waals surface area contributed by atoms with Gasteiger partial charge in [-0.2, -0.15) is 0 Å². The van der Waals surface area contributed by atoms with Crippen molar-refractivity contribution in [3.8, 4) is 0 Å². The third-order valence-corrected chi connectivity index (χ3v) is 5.51. The highest BCUT2D eigenvalue weighted by Crippen LogP contribution is 2.25. The average Bonchev–Trinajstić information content (AvgIpc) is 3.07. The molecule has 1 N–H and O–H groups in total. The van der Waals surface area contributed by atoms with Crippen molar-refractivity contribution in [2.75, 3.05) is 6.61 Å². The zero-order valence-corrected chi connectivity index (χ0v) is 14.3. The molecule has 21 heavy (non-hydrogen) atoms. The number of epoxide rings is 1. The predicted octanol–water partition coefficient (Wildman–Crippen LogP) is 2.70. The van der Waals surface area contributed by atoms with Crippen LogP contribution in [0.15, 0.2) is 17.0 Å². The first-order valence-corrected chi connectivity index (χ1v) is 8.91. The van der Waals surface area contributed by atoms with Gasteiger partial charge in [-0.1, -0.05) is 31.5 Å². The smallest absolute Gasteiger partial charge is 0.241 e. The Balaban J connectivity index is 2.29. The first-order valence-electron chi connectivity index (χ1n) is 7.42. The summed E-state index contributed by atoms with van der Waals surface area (Å²) in [5, 5.41) is 0. The third-order valence-electron chi connectivity index (χ3n) is 3.71. The lowest BCUT2D eigenvalue weighted by Gasteiger charge is -2.20. The zero-order valence-electron chi connectivity index (χ0n) is 13.4. The van der Waals surface area contributed by atoms with E-state index in [-0.39, 0.29) is 12.1 Å². The molecule has 1 aromatic rings. The van der Waals surface area contributed by atoms with Crippen LogP contribution in [0.5, 0.6) is 0 Å². The van der Waals surface area contributed by atoms with Crippen LogP contribution in [0.2, 0.25) is 0 Å².